The lowest BCUT2D eigenvalue weighted by Crippen LogP contribution is -2.44. The summed E-state index contributed by atoms with van der Waals surface area (Å²) < 4.78 is 0. The average molecular weight is 267 g/mol. The molecule has 1 aliphatic heterocycles. The van der Waals surface area contributed by atoms with Crippen molar-refractivity contribution in [3.05, 3.63) is 0 Å². The van der Waals surface area contributed by atoms with Crippen molar-refractivity contribution < 1.29 is 4.79 Å². The summed E-state index contributed by atoms with van der Waals surface area (Å²) in [6.07, 6.45) is 6.39. The predicted octanol–water partition coefficient (Wildman–Crippen LogP) is 1.81. The lowest BCUT2D eigenvalue weighted by atomic mass is 9.99. The van der Waals surface area contributed by atoms with Crippen LogP contribution in [0.2, 0.25) is 0 Å². The summed E-state index contributed by atoms with van der Waals surface area (Å²) in [5.41, 5.74) is -0.356. The molecule has 1 saturated carbocycles. The third-order valence-electron chi connectivity index (χ3n) is 5.08. The van der Waals surface area contributed by atoms with E-state index >= 15 is 0 Å². The van der Waals surface area contributed by atoms with Gasteiger partial charge < -0.3 is 9.80 Å². The van der Waals surface area contributed by atoms with Crippen LogP contribution in [0.25, 0.3) is 0 Å². The molecule has 1 aliphatic carbocycles. The second-order valence-electron chi connectivity index (χ2n) is 6.42. The molecule has 0 aromatic rings. The van der Waals surface area contributed by atoms with E-state index in [0.29, 0.717) is 0 Å². The molecular weight excluding hydrogens is 238 g/mol. The third-order valence-corrected chi connectivity index (χ3v) is 5.08. The Morgan fingerprint density at radius 2 is 2.05 bits per heavy atom. The molecule has 2 unspecified atom stereocenters. The van der Waals surface area contributed by atoms with Crippen molar-refractivity contribution in [2.75, 3.05) is 20.1 Å². The Bertz CT molecular complexity index is 327. The summed E-state index contributed by atoms with van der Waals surface area (Å²) in [7, 11) is 2.20. The quantitative estimate of drug-likeness (QED) is 0.825. The zero-order chi connectivity index (χ0) is 14.0. The van der Waals surface area contributed by atoms with Crippen molar-refractivity contribution in [1.29, 1.82) is 0 Å². The van der Waals surface area contributed by atoms with E-state index in [1.165, 1.54) is 25.7 Å². The standard InChI is InChI=1S/C15H29N3O/c1-5-15(3)14(19)18(12(2)16-15)11-10-17(4)13-8-6-7-9-13/h12-13,16H,5-11H2,1-4H3. The molecule has 0 aromatic heterocycles. The first-order chi connectivity index (χ1) is 8.98. The van der Waals surface area contributed by atoms with E-state index in [-0.39, 0.29) is 17.6 Å². The number of hydrogen-bond acceptors (Lipinski definition) is 3. The number of nitrogens with zero attached hydrogens (tertiary/aromatic N) is 2. The number of rotatable bonds is 5. The highest BCUT2D eigenvalue weighted by atomic mass is 16.2. The molecule has 2 aliphatic rings. The summed E-state index contributed by atoms with van der Waals surface area (Å²) in [5.74, 6) is 0.266. The van der Waals surface area contributed by atoms with Gasteiger partial charge in [0.1, 0.15) is 0 Å². The van der Waals surface area contributed by atoms with E-state index in [9.17, 15) is 4.79 Å². The van der Waals surface area contributed by atoms with Gasteiger partial charge in [0.05, 0.1) is 11.7 Å². The number of nitrogens with one attached hydrogen (secondary N) is 1. The van der Waals surface area contributed by atoms with Gasteiger partial charge in [-0.15, -0.1) is 0 Å². The van der Waals surface area contributed by atoms with Gasteiger partial charge in [0.15, 0.2) is 0 Å². The zero-order valence-electron chi connectivity index (χ0n) is 12.9. The van der Waals surface area contributed by atoms with Crippen molar-refractivity contribution in [2.24, 2.45) is 0 Å². The molecule has 0 bridgehead atoms. The van der Waals surface area contributed by atoms with Crippen LogP contribution < -0.4 is 5.32 Å². The molecule has 0 aromatic carbocycles. The maximum absolute atomic E-state index is 12.4. The number of likely N-dealkylation sites (N-methyl/N-ethyl adjacent to an activating group) is 1. The summed E-state index contributed by atoms with van der Waals surface area (Å²) in [6, 6.07) is 0.735. The Balaban J connectivity index is 1.87. The van der Waals surface area contributed by atoms with E-state index in [2.05, 4.69) is 31.1 Å². The molecule has 4 heteroatoms. The van der Waals surface area contributed by atoms with Gasteiger partial charge >= 0.3 is 0 Å². The fourth-order valence-corrected chi connectivity index (χ4v) is 3.44. The second-order valence-corrected chi connectivity index (χ2v) is 6.42. The largest absolute Gasteiger partial charge is 0.325 e. The maximum Gasteiger partial charge on any atom is 0.243 e. The molecule has 1 saturated heterocycles. The first-order valence-electron chi connectivity index (χ1n) is 7.77. The van der Waals surface area contributed by atoms with E-state index < -0.39 is 0 Å². The Kier molecular flexibility index (Phi) is 4.51. The monoisotopic (exact) mass is 267 g/mol. The minimum absolute atomic E-state index is 0.162. The van der Waals surface area contributed by atoms with Crippen LogP contribution in [0.15, 0.2) is 0 Å². The minimum atomic E-state index is -0.356. The van der Waals surface area contributed by atoms with Gasteiger partial charge in [-0.3, -0.25) is 10.1 Å². The van der Waals surface area contributed by atoms with Gasteiger partial charge in [-0.1, -0.05) is 19.8 Å². The Labute approximate surface area is 117 Å². The molecule has 2 atom stereocenters. The number of hydrogen-bond donors (Lipinski definition) is 1. The summed E-state index contributed by atoms with van der Waals surface area (Å²) in [6.45, 7) is 8.02. The highest BCUT2D eigenvalue weighted by molar-refractivity contribution is 5.88. The fourth-order valence-electron chi connectivity index (χ4n) is 3.44. The van der Waals surface area contributed by atoms with Crippen LogP contribution in [0.4, 0.5) is 0 Å². The van der Waals surface area contributed by atoms with Crippen molar-refractivity contribution >= 4 is 5.91 Å². The van der Waals surface area contributed by atoms with Gasteiger partial charge in [0.2, 0.25) is 5.91 Å². The topological polar surface area (TPSA) is 35.6 Å². The third kappa shape index (κ3) is 2.95. The van der Waals surface area contributed by atoms with Gasteiger partial charge in [0.25, 0.3) is 0 Å². The Hall–Kier alpha value is -0.610. The van der Waals surface area contributed by atoms with Crippen LogP contribution in [0.3, 0.4) is 0 Å². The molecule has 1 heterocycles. The molecule has 0 spiro atoms. The van der Waals surface area contributed by atoms with E-state index in [1.807, 2.05) is 11.8 Å². The molecule has 110 valence electrons. The lowest BCUT2D eigenvalue weighted by Gasteiger charge is -2.28. The lowest BCUT2D eigenvalue weighted by molar-refractivity contribution is -0.133. The van der Waals surface area contributed by atoms with Crippen LogP contribution >= 0.6 is 0 Å². The highest BCUT2D eigenvalue weighted by Crippen LogP contribution is 2.25. The molecule has 1 N–H and O–H groups in total. The van der Waals surface area contributed by atoms with Gasteiger partial charge in [-0.2, -0.15) is 0 Å². The molecule has 0 radical (unpaired) electrons. The minimum Gasteiger partial charge on any atom is -0.325 e. The normalized spacial score (nSPS) is 32.8. The first-order valence-corrected chi connectivity index (χ1v) is 7.77. The van der Waals surface area contributed by atoms with E-state index in [4.69, 9.17) is 0 Å². The van der Waals surface area contributed by atoms with Gasteiger partial charge in [0, 0.05) is 19.1 Å². The molecule has 19 heavy (non-hydrogen) atoms. The molecule has 2 rings (SSSR count). The number of carbonyl (C=O) groups excluding carboxylic acids is 1. The molecule has 2 fully saturated rings. The maximum atomic E-state index is 12.4. The number of carbonyl (C=O) groups is 1. The van der Waals surface area contributed by atoms with E-state index in [1.54, 1.807) is 0 Å². The SMILES string of the molecule is CCC1(C)NC(C)N(CCN(C)C2CCCC2)C1=O. The smallest absolute Gasteiger partial charge is 0.243 e. The van der Waals surface area contributed by atoms with Crippen molar-refractivity contribution in [3.8, 4) is 0 Å². The van der Waals surface area contributed by atoms with Crippen LogP contribution in [0.5, 0.6) is 0 Å². The Morgan fingerprint density at radius 1 is 1.42 bits per heavy atom. The summed E-state index contributed by atoms with van der Waals surface area (Å²) in [5, 5.41) is 3.43. The summed E-state index contributed by atoms with van der Waals surface area (Å²) in [4.78, 5) is 16.9. The van der Waals surface area contributed by atoms with Crippen LogP contribution in [-0.4, -0.2) is 53.6 Å². The Morgan fingerprint density at radius 3 is 2.58 bits per heavy atom. The van der Waals surface area contributed by atoms with Crippen LogP contribution in [0.1, 0.15) is 52.9 Å². The molecular formula is C15H29N3O. The molecule has 4 nitrogen and oxygen atoms in total. The molecule has 1 amide bonds. The van der Waals surface area contributed by atoms with Crippen molar-refractivity contribution in [1.82, 2.24) is 15.1 Å². The van der Waals surface area contributed by atoms with Crippen molar-refractivity contribution in [2.45, 2.75) is 70.6 Å². The van der Waals surface area contributed by atoms with Crippen LogP contribution in [0, 0.1) is 0 Å². The van der Waals surface area contributed by atoms with Crippen LogP contribution in [-0.2, 0) is 4.79 Å². The average Bonchev–Trinajstić information content (AvgIpc) is 2.97. The highest BCUT2D eigenvalue weighted by Gasteiger charge is 2.44. The number of amides is 1. The van der Waals surface area contributed by atoms with E-state index in [0.717, 1.165) is 25.6 Å². The predicted molar refractivity (Wildman–Crippen MR) is 77.9 cm³/mol. The van der Waals surface area contributed by atoms with Gasteiger partial charge in [-0.25, -0.2) is 0 Å². The second kappa shape index (κ2) is 5.80. The van der Waals surface area contributed by atoms with Gasteiger partial charge in [-0.05, 0) is 40.2 Å². The zero-order valence-corrected chi connectivity index (χ0v) is 12.9. The van der Waals surface area contributed by atoms with Crippen molar-refractivity contribution in [3.63, 3.8) is 0 Å². The fraction of sp³-hybridized carbons (Fsp3) is 0.933. The first kappa shape index (κ1) is 14.8. The summed E-state index contributed by atoms with van der Waals surface area (Å²) >= 11 is 0.